The average Bonchev–Trinajstić information content (AvgIpc) is 2.67. The number of carbonyl (C=O) groups excluding carboxylic acids is 2. The number of hydrogen-bond donors (Lipinski definition) is 2. The van der Waals surface area contributed by atoms with Crippen molar-refractivity contribution in [1.29, 1.82) is 0 Å². The van der Waals surface area contributed by atoms with Gasteiger partial charge in [0.05, 0.1) is 0 Å². The van der Waals surface area contributed by atoms with E-state index in [4.69, 9.17) is 20.3 Å². The van der Waals surface area contributed by atoms with Gasteiger partial charge in [-0.15, -0.1) is 0 Å². The number of carboxylic acid groups (broad SMARTS) is 1. The van der Waals surface area contributed by atoms with Crippen LogP contribution in [0.3, 0.4) is 0 Å². The average molecular weight is 435 g/mol. The Morgan fingerprint density at radius 2 is 1.74 bits per heavy atom. The van der Waals surface area contributed by atoms with Crippen LogP contribution in [0.2, 0.25) is 0 Å². The fraction of sp³-hybridized carbons (Fsp3) is 0.609. The van der Waals surface area contributed by atoms with Crippen LogP contribution in [-0.4, -0.2) is 52.8 Å². The lowest BCUT2D eigenvalue weighted by Gasteiger charge is -2.41. The van der Waals surface area contributed by atoms with E-state index in [9.17, 15) is 14.4 Å². The molecule has 1 unspecified atom stereocenters. The van der Waals surface area contributed by atoms with Gasteiger partial charge in [-0.05, 0) is 38.7 Å². The van der Waals surface area contributed by atoms with E-state index < -0.39 is 29.2 Å². The topological polar surface area (TPSA) is 119 Å². The number of nitrogens with two attached hydrogens (primary N) is 1. The van der Waals surface area contributed by atoms with Crippen molar-refractivity contribution < 1.29 is 29.0 Å². The van der Waals surface area contributed by atoms with Gasteiger partial charge in [0.1, 0.15) is 17.2 Å². The fourth-order valence-electron chi connectivity index (χ4n) is 3.73. The van der Waals surface area contributed by atoms with Crippen molar-refractivity contribution >= 4 is 18.0 Å². The predicted molar refractivity (Wildman–Crippen MR) is 115 cm³/mol. The van der Waals surface area contributed by atoms with Gasteiger partial charge in [0.15, 0.2) is 0 Å². The molecule has 1 heterocycles. The molecule has 1 amide bonds. The van der Waals surface area contributed by atoms with Crippen LogP contribution in [0.1, 0.15) is 58.9 Å². The van der Waals surface area contributed by atoms with Crippen molar-refractivity contribution in [2.24, 2.45) is 11.7 Å². The van der Waals surface area contributed by atoms with Gasteiger partial charge >= 0.3 is 18.0 Å². The molecule has 8 nitrogen and oxygen atoms in total. The van der Waals surface area contributed by atoms with Gasteiger partial charge in [-0.3, -0.25) is 9.59 Å². The van der Waals surface area contributed by atoms with Crippen LogP contribution in [0.15, 0.2) is 30.3 Å². The lowest BCUT2D eigenvalue weighted by molar-refractivity contribution is -0.167. The quantitative estimate of drug-likeness (QED) is 0.632. The summed E-state index contributed by atoms with van der Waals surface area (Å²) in [6, 6.07) is 8.49. The van der Waals surface area contributed by atoms with E-state index in [0.717, 1.165) is 5.56 Å². The first-order valence-electron chi connectivity index (χ1n) is 10.7. The molecule has 0 saturated carbocycles. The maximum Gasteiger partial charge on any atom is 0.410 e. The highest BCUT2D eigenvalue weighted by Crippen LogP contribution is 2.38. The lowest BCUT2D eigenvalue weighted by atomic mass is 9.84. The van der Waals surface area contributed by atoms with E-state index in [1.54, 1.807) is 11.8 Å². The Morgan fingerprint density at radius 3 is 2.26 bits per heavy atom. The minimum atomic E-state index is -1.09. The van der Waals surface area contributed by atoms with Gasteiger partial charge in [-0.25, -0.2) is 4.79 Å². The molecule has 0 aliphatic carbocycles. The van der Waals surface area contributed by atoms with Crippen LogP contribution in [-0.2, 0) is 24.7 Å². The number of hydrogen-bond acceptors (Lipinski definition) is 6. The van der Waals surface area contributed by atoms with Crippen molar-refractivity contribution in [3.05, 3.63) is 35.9 Å². The molecular weight excluding hydrogens is 400 g/mol. The maximum absolute atomic E-state index is 12.7. The smallest absolute Gasteiger partial charge is 0.410 e. The molecule has 8 heteroatoms. The molecule has 0 spiro atoms. The highest BCUT2D eigenvalue weighted by Gasteiger charge is 2.41. The number of likely N-dealkylation sites (tertiary alicyclic amines) is 1. The van der Waals surface area contributed by atoms with Crippen LogP contribution < -0.4 is 5.73 Å². The summed E-state index contributed by atoms with van der Waals surface area (Å²) in [6.07, 6.45) is 0.785. The van der Waals surface area contributed by atoms with Crippen molar-refractivity contribution in [2.45, 2.75) is 70.6 Å². The van der Waals surface area contributed by atoms with Crippen LogP contribution >= 0.6 is 0 Å². The number of benzene rings is 1. The molecule has 0 radical (unpaired) electrons. The summed E-state index contributed by atoms with van der Waals surface area (Å²) in [5.74, 6) is -1.72. The summed E-state index contributed by atoms with van der Waals surface area (Å²) in [4.78, 5) is 37.8. The van der Waals surface area contributed by atoms with Crippen molar-refractivity contribution in [2.75, 3.05) is 13.1 Å². The molecule has 2 rings (SSSR count). The zero-order chi connectivity index (χ0) is 23.2. The molecular formula is C23H34N2O6. The molecule has 1 aliphatic heterocycles. The van der Waals surface area contributed by atoms with E-state index in [2.05, 4.69) is 0 Å². The van der Waals surface area contributed by atoms with Gasteiger partial charge < -0.3 is 25.2 Å². The Morgan fingerprint density at radius 1 is 1.16 bits per heavy atom. The first-order valence-corrected chi connectivity index (χ1v) is 10.7. The third-order valence-electron chi connectivity index (χ3n) is 5.32. The molecule has 3 N–H and O–H groups in total. The third-order valence-corrected chi connectivity index (χ3v) is 5.32. The maximum atomic E-state index is 12.7. The van der Waals surface area contributed by atoms with E-state index in [0.29, 0.717) is 25.9 Å². The largest absolute Gasteiger partial charge is 0.480 e. The highest BCUT2D eigenvalue weighted by atomic mass is 16.6. The molecule has 1 fully saturated rings. The zero-order valence-corrected chi connectivity index (χ0v) is 18.8. The highest BCUT2D eigenvalue weighted by molar-refractivity contribution is 5.74. The van der Waals surface area contributed by atoms with Crippen LogP contribution in [0.5, 0.6) is 0 Å². The molecule has 0 aromatic heterocycles. The molecule has 1 saturated heterocycles. The fourth-order valence-corrected chi connectivity index (χ4v) is 3.73. The Hall–Kier alpha value is -2.61. The SMILES string of the molecule is CC(CC(=O)OC1(c2ccccc2)CCN(C(=O)OC(C)(C)C)CC1)C[C@H](N)C(=O)O. The second kappa shape index (κ2) is 10.1. The second-order valence-electron chi connectivity index (χ2n) is 9.29. The minimum absolute atomic E-state index is 0.0747. The van der Waals surface area contributed by atoms with Gasteiger partial charge in [0, 0.05) is 32.4 Å². The Bertz CT molecular complexity index is 766. The van der Waals surface area contributed by atoms with E-state index >= 15 is 0 Å². The number of ether oxygens (including phenoxy) is 2. The number of rotatable bonds is 7. The normalized spacial score (nSPS) is 18.0. The number of carboxylic acids is 1. The van der Waals surface area contributed by atoms with Gasteiger partial charge in [0.2, 0.25) is 0 Å². The Kier molecular flexibility index (Phi) is 8.06. The number of amides is 1. The molecule has 31 heavy (non-hydrogen) atoms. The Balaban J connectivity index is 2.08. The zero-order valence-electron chi connectivity index (χ0n) is 18.8. The van der Waals surface area contributed by atoms with E-state index in [1.165, 1.54) is 0 Å². The molecule has 172 valence electrons. The molecule has 1 aliphatic rings. The van der Waals surface area contributed by atoms with Gasteiger partial charge in [0.25, 0.3) is 0 Å². The van der Waals surface area contributed by atoms with E-state index in [1.807, 2.05) is 51.1 Å². The Labute approximate surface area is 183 Å². The summed E-state index contributed by atoms with van der Waals surface area (Å²) in [6.45, 7) is 8.05. The minimum Gasteiger partial charge on any atom is -0.480 e. The van der Waals surface area contributed by atoms with Crippen LogP contribution in [0.25, 0.3) is 0 Å². The molecule has 0 bridgehead atoms. The van der Waals surface area contributed by atoms with Gasteiger partial charge in [-0.2, -0.15) is 0 Å². The van der Waals surface area contributed by atoms with Crippen molar-refractivity contribution in [3.8, 4) is 0 Å². The number of nitrogens with zero attached hydrogens (tertiary/aromatic N) is 1. The van der Waals surface area contributed by atoms with Gasteiger partial charge in [-0.1, -0.05) is 37.3 Å². The monoisotopic (exact) mass is 434 g/mol. The number of piperidine rings is 1. The summed E-state index contributed by atoms with van der Waals surface area (Å²) < 4.78 is 11.5. The summed E-state index contributed by atoms with van der Waals surface area (Å²) in [5, 5.41) is 8.97. The van der Waals surface area contributed by atoms with Crippen molar-refractivity contribution in [1.82, 2.24) is 4.90 Å². The molecule has 1 aromatic rings. The number of aliphatic carboxylic acids is 1. The van der Waals surface area contributed by atoms with E-state index in [-0.39, 0.29) is 24.9 Å². The van der Waals surface area contributed by atoms with Crippen LogP contribution in [0, 0.1) is 5.92 Å². The van der Waals surface area contributed by atoms with Crippen LogP contribution in [0.4, 0.5) is 4.79 Å². The first kappa shape index (κ1) is 24.7. The first-order chi connectivity index (χ1) is 14.4. The standard InChI is InChI=1S/C23H34N2O6/c1-16(14-18(24)20(27)28)15-19(26)30-23(17-8-6-5-7-9-17)10-12-25(13-11-23)21(29)31-22(2,3)4/h5-9,16,18H,10-15,24H2,1-4H3,(H,27,28)/t16?,18-/m0/s1. The third kappa shape index (κ3) is 7.24. The molecule has 2 atom stereocenters. The number of esters is 1. The molecule has 1 aromatic carbocycles. The number of carbonyl (C=O) groups is 3. The lowest BCUT2D eigenvalue weighted by Crippen LogP contribution is -2.48. The summed E-state index contributed by atoms with van der Waals surface area (Å²) in [5.41, 5.74) is 5.04. The summed E-state index contributed by atoms with van der Waals surface area (Å²) >= 11 is 0. The summed E-state index contributed by atoms with van der Waals surface area (Å²) in [7, 11) is 0. The predicted octanol–water partition coefficient (Wildman–Crippen LogP) is 3.28. The van der Waals surface area contributed by atoms with Crippen molar-refractivity contribution in [3.63, 3.8) is 0 Å². The second-order valence-corrected chi connectivity index (χ2v) is 9.29.